The van der Waals surface area contributed by atoms with Gasteiger partial charge in [-0.05, 0) is 39.3 Å². The molecule has 1 rings (SSSR count). The van der Waals surface area contributed by atoms with Crippen LogP contribution in [0.3, 0.4) is 0 Å². The van der Waals surface area contributed by atoms with Crippen molar-refractivity contribution >= 4 is 0 Å². The first-order chi connectivity index (χ1) is 5.64. The third-order valence-electron chi connectivity index (χ3n) is 2.40. The van der Waals surface area contributed by atoms with Crippen LogP contribution in [0.15, 0.2) is 0 Å². The van der Waals surface area contributed by atoms with Crippen molar-refractivity contribution in [2.24, 2.45) is 5.73 Å². The fourth-order valence-corrected chi connectivity index (χ4v) is 1.45. The highest BCUT2D eigenvalue weighted by atomic mass is 15.1. The van der Waals surface area contributed by atoms with Crippen molar-refractivity contribution in [2.75, 3.05) is 19.6 Å². The summed E-state index contributed by atoms with van der Waals surface area (Å²) in [6, 6.07) is 2.12. The molecule has 1 aliphatic heterocycles. The minimum absolute atomic E-state index is 0.636. The zero-order valence-electron chi connectivity index (χ0n) is 7.71. The summed E-state index contributed by atoms with van der Waals surface area (Å²) in [5.41, 5.74) is 5.07. The van der Waals surface area contributed by atoms with Crippen LogP contribution >= 0.6 is 0 Å². The summed E-state index contributed by atoms with van der Waals surface area (Å²) in [4.78, 5) is 2.38. The molecular weight excluding hydrogens is 150 g/mol. The van der Waals surface area contributed by atoms with Crippen LogP contribution in [-0.4, -0.2) is 30.1 Å². The summed E-state index contributed by atoms with van der Waals surface area (Å²) >= 11 is 0. The van der Waals surface area contributed by atoms with E-state index in [1.54, 1.807) is 6.92 Å². The van der Waals surface area contributed by atoms with Crippen molar-refractivity contribution in [3.63, 3.8) is 0 Å². The smallest absolute Gasteiger partial charge is 0.102 e. The van der Waals surface area contributed by atoms with Crippen molar-refractivity contribution in [2.45, 2.75) is 31.7 Å². The Morgan fingerprint density at radius 2 is 2.08 bits per heavy atom. The molecule has 0 amide bonds. The van der Waals surface area contributed by atoms with Crippen LogP contribution in [0.5, 0.6) is 0 Å². The van der Waals surface area contributed by atoms with E-state index in [1.165, 1.54) is 25.9 Å². The van der Waals surface area contributed by atoms with Gasteiger partial charge in [0.05, 0.1) is 6.07 Å². The Kier molecular flexibility index (Phi) is 3.07. The minimum atomic E-state index is -0.636. The van der Waals surface area contributed by atoms with Crippen molar-refractivity contribution < 1.29 is 0 Å². The Bertz CT molecular complexity index is 175. The molecule has 1 fully saturated rings. The number of nitrogens with zero attached hydrogens (tertiary/aromatic N) is 2. The number of rotatable bonds is 3. The number of nitrogens with two attached hydrogens (primary N) is 1. The third-order valence-corrected chi connectivity index (χ3v) is 2.40. The molecule has 1 aliphatic rings. The lowest BCUT2D eigenvalue weighted by Gasteiger charge is -2.20. The van der Waals surface area contributed by atoms with Gasteiger partial charge in [0.1, 0.15) is 5.54 Å². The maximum Gasteiger partial charge on any atom is 0.102 e. The molecule has 0 aromatic rings. The molecule has 0 spiro atoms. The van der Waals surface area contributed by atoms with Gasteiger partial charge < -0.3 is 10.6 Å². The highest BCUT2D eigenvalue weighted by Crippen LogP contribution is 2.11. The Morgan fingerprint density at radius 3 is 2.58 bits per heavy atom. The van der Waals surface area contributed by atoms with Gasteiger partial charge in [-0.1, -0.05) is 0 Å². The molecule has 3 nitrogen and oxygen atoms in total. The quantitative estimate of drug-likeness (QED) is 0.673. The van der Waals surface area contributed by atoms with Crippen molar-refractivity contribution in [3.05, 3.63) is 0 Å². The van der Waals surface area contributed by atoms with E-state index in [0.29, 0.717) is 0 Å². The normalized spacial score (nSPS) is 23.4. The number of hydrogen-bond acceptors (Lipinski definition) is 3. The van der Waals surface area contributed by atoms with Crippen molar-refractivity contribution in [3.8, 4) is 6.07 Å². The van der Waals surface area contributed by atoms with E-state index in [4.69, 9.17) is 11.0 Å². The standard InChI is InChI=1S/C9H17N3/c1-9(11,8-10)4-7-12-5-2-3-6-12/h2-7,11H2,1H3. The summed E-state index contributed by atoms with van der Waals surface area (Å²) in [5, 5.41) is 8.67. The van der Waals surface area contributed by atoms with Crippen molar-refractivity contribution in [1.29, 1.82) is 5.26 Å². The van der Waals surface area contributed by atoms with Crippen LogP contribution in [-0.2, 0) is 0 Å². The molecule has 1 unspecified atom stereocenters. The second kappa shape index (κ2) is 3.88. The molecule has 0 radical (unpaired) electrons. The van der Waals surface area contributed by atoms with E-state index < -0.39 is 5.54 Å². The molecule has 3 heteroatoms. The first kappa shape index (κ1) is 9.50. The van der Waals surface area contributed by atoms with Gasteiger partial charge in [0.25, 0.3) is 0 Å². The van der Waals surface area contributed by atoms with Crippen LogP contribution in [0.4, 0.5) is 0 Å². The highest BCUT2D eigenvalue weighted by molar-refractivity contribution is 5.01. The van der Waals surface area contributed by atoms with E-state index >= 15 is 0 Å². The Morgan fingerprint density at radius 1 is 1.50 bits per heavy atom. The molecule has 68 valence electrons. The summed E-state index contributed by atoms with van der Waals surface area (Å²) in [6.45, 7) is 5.13. The van der Waals surface area contributed by atoms with Gasteiger partial charge >= 0.3 is 0 Å². The van der Waals surface area contributed by atoms with E-state index in [2.05, 4.69) is 11.0 Å². The first-order valence-corrected chi connectivity index (χ1v) is 4.56. The van der Waals surface area contributed by atoms with Gasteiger partial charge in [-0.3, -0.25) is 0 Å². The molecule has 1 saturated heterocycles. The lowest BCUT2D eigenvalue weighted by Crippen LogP contribution is -2.38. The van der Waals surface area contributed by atoms with Crippen LogP contribution in [0.1, 0.15) is 26.2 Å². The Balaban J connectivity index is 2.21. The molecule has 1 heterocycles. The molecular formula is C9H17N3. The molecule has 2 N–H and O–H groups in total. The largest absolute Gasteiger partial charge is 0.314 e. The van der Waals surface area contributed by atoms with Gasteiger partial charge in [-0.2, -0.15) is 5.26 Å². The number of nitriles is 1. The minimum Gasteiger partial charge on any atom is -0.314 e. The van der Waals surface area contributed by atoms with E-state index in [1.807, 2.05) is 0 Å². The average molecular weight is 167 g/mol. The van der Waals surface area contributed by atoms with Crippen LogP contribution in [0, 0.1) is 11.3 Å². The second-order valence-corrected chi connectivity index (χ2v) is 3.83. The van der Waals surface area contributed by atoms with E-state index in [0.717, 1.165) is 13.0 Å². The van der Waals surface area contributed by atoms with Gasteiger partial charge in [0.2, 0.25) is 0 Å². The predicted molar refractivity (Wildman–Crippen MR) is 48.5 cm³/mol. The molecule has 0 bridgehead atoms. The van der Waals surface area contributed by atoms with Gasteiger partial charge in [-0.25, -0.2) is 0 Å². The SMILES string of the molecule is CC(N)(C#N)CCN1CCCC1. The molecule has 0 saturated carbocycles. The van der Waals surface area contributed by atoms with Gasteiger partial charge in [0, 0.05) is 6.54 Å². The van der Waals surface area contributed by atoms with Crippen molar-refractivity contribution in [1.82, 2.24) is 4.90 Å². The summed E-state index contributed by atoms with van der Waals surface area (Å²) in [7, 11) is 0. The third kappa shape index (κ3) is 2.80. The zero-order valence-corrected chi connectivity index (χ0v) is 7.71. The fraction of sp³-hybridized carbons (Fsp3) is 0.889. The van der Waals surface area contributed by atoms with Crippen LogP contribution in [0.2, 0.25) is 0 Å². The molecule has 0 aliphatic carbocycles. The average Bonchev–Trinajstić information content (AvgIpc) is 2.53. The monoisotopic (exact) mass is 167 g/mol. The molecule has 0 aromatic heterocycles. The summed E-state index contributed by atoms with van der Waals surface area (Å²) in [6.07, 6.45) is 3.38. The van der Waals surface area contributed by atoms with Crippen LogP contribution < -0.4 is 5.73 Å². The Hall–Kier alpha value is -0.590. The van der Waals surface area contributed by atoms with Gasteiger partial charge in [-0.15, -0.1) is 0 Å². The predicted octanol–water partition coefficient (Wildman–Crippen LogP) is 0.713. The summed E-state index contributed by atoms with van der Waals surface area (Å²) < 4.78 is 0. The molecule has 12 heavy (non-hydrogen) atoms. The lowest BCUT2D eigenvalue weighted by atomic mass is 10.0. The lowest BCUT2D eigenvalue weighted by molar-refractivity contribution is 0.310. The number of hydrogen-bond donors (Lipinski definition) is 1. The second-order valence-electron chi connectivity index (χ2n) is 3.83. The fourth-order valence-electron chi connectivity index (χ4n) is 1.45. The molecule has 0 aromatic carbocycles. The van der Waals surface area contributed by atoms with Gasteiger partial charge in [0.15, 0.2) is 0 Å². The molecule has 1 atom stereocenters. The number of likely N-dealkylation sites (tertiary alicyclic amines) is 1. The zero-order chi connectivity index (χ0) is 9.03. The maximum atomic E-state index is 8.67. The summed E-state index contributed by atoms with van der Waals surface area (Å²) in [5.74, 6) is 0. The van der Waals surface area contributed by atoms with E-state index in [9.17, 15) is 0 Å². The maximum absolute atomic E-state index is 8.67. The highest BCUT2D eigenvalue weighted by Gasteiger charge is 2.19. The van der Waals surface area contributed by atoms with Crippen LogP contribution in [0.25, 0.3) is 0 Å². The Labute approximate surface area is 74.1 Å². The first-order valence-electron chi connectivity index (χ1n) is 4.56. The van der Waals surface area contributed by atoms with E-state index in [-0.39, 0.29) is 0 Å². The topological polar surface area (TPSA) is 53.1 Å².